The number of anilines is 1. The van der Waals surface area contributed by atoms with E-state index in [1.165, 1.54) is 18.2 Å². The molecule has 1 unspecified atom stereocenters. The van der Waals surface area contributed by atoms with Crippen molar-refractivity contribution in [2.75, 3.05) is 18.0 Å². The summed E-state index contributed by atoms with van der Waals surface area (Å²) in [6.45, 7) is 3.55. The van der Waals surface area contributed by atoms with Gasteiger partial charge < -0.3 is 9.69 Å². The first-order valence-electron chi connectivity index (χ1n) is 9.39. The fourth-order valence-electron chi connectivity index (χ4n) is 3.96. The van der Waals surface area contributed by atoms with Crippen LogP contribution in [-0.4, -0.2) is 25.0 Å². The summed E-state index contributed by atoms with van der Waals surface area (Å²) in [5.74, 6) is 0.114. The summed E-state index contributed by atoms with van der Waals surface area (Å²) >= 11 is 12.0. The Morgan fingerprint density at radius 1 is 1.14 bits per heavy atom. The van der Waals surface area contributed by atoms with Crippen molar-refractivity contribution in [1.82, 2.24) is 0 Å². The maximum absolute atomic E-state index is 14.2. The zero-order chi connectivity index (χ0) is 21.4. The average Bonchev–Trinajstić information content (AvgIpc) is 3.06. The highest BCUT2D eigenvalue weighted by atomic mass is 35.5. The molecule has 1 atom stereocenters. The smallest absolute Gasteiger partial charge is 0.370 e. The average molecular weight is 444 g/mol. The van der Waals surface area contributed by atoms with Crippen LogP contribution in [0.3, 0.4) is 0 Å². The molecule has 2 nitrogen and oxygen atoms in total. The van der Waals surface area contributed by atoms with Gasteiger partial charge in [-0.15, -0.1) is 0 Å². The van der Waals surface area contributed by atoms with Gasteiger partial charge in [-0.1, -0.05) is 29.3 Å². The molecular formula is C22H22Cl2F3NO. The van der Waals surface area contributed by atoms with Gasteiger partial charge in [0.1, 0.15) is 11.2 Å². The molecule has 0 aromatic heterocycles. The van der Waals surface area contributed by atoms with Gasteiger partial charge in [0.2, 0.25) is 0 Å². The summed E-state index contributed by atoms with van der Waals surface area (Å²) in [5, 5.41) is 0.389. The molecule has 0 bridgehead atoms. The summed E-state index contributed by atoms with van der Waals surface area (Å²) in [6.07, 6.45) is -3.42. The molecule has 0 aliphatic carbocycles. The van der Waals surface area contributed by atoms with E-state index in [0.29, 0.717) is 12.8 Å². The molecule has 1 fully saturated rings. The molecule has 0 spiro atoms. The number of ketones is 1. The summed E-state index contributed by atoms with van der Waals surface area (Å²) in [6, 6.07) is 9.79. The minimum absolute atomic E-state index is 0.0711. The standard InChI is InChI=1S/C22H22Cl2F3NO/c1-14-9-20(6-5-16(14)4-3-15(2)29)28-8-7-21(13-28,22(25,26)27)17-10-18(23)12-19(24)11-17/h5-6,9-12H,3-4,7-8,13H2,1-2H3. The maximum atomic E-state index is 14.2. The fourth-order valence-corrected chi connectivity index (χ4v) is 4.48. The molecule has 29 heavy (non-hydrogen) atoms. The van der Waals surface area contributed by atoms with Crippen LogP contribution >= 0.6 is 23.2 Å². The summed E-state index contributed by atoms with van der Waals surface area (Å²) in [7, 11) is 0. The number of Topliss-reactive ketones (excluding diaryl/α,β-unsaturated/α-hetero) is 1. The lowest BCUT2D eigenvalue weighted by Gasteiger charge is -2.33. The lowest BCUT2D eigenvalue weighted by atomic mass is 9.79. The van der Waals surface area contributed by atoms with E-state index in [1.54, 1.807) is 11.8 Å². The summed E-state index contributed by atoms with van der Waals surface area (Å²) in [5.41, 5.74) is 0.821. The summed E-state index contributed by atoms with van der Waals surface area (Å²) in [4.78, 5) is 13.0. The molecule has 1 heterocycles. The van der Waals surface area contributed by atoms with Crippen LogP contribution in [-0.2, 0) is 16.6 Å². The quantitative estimate of drug-likeness (QED) is 0.523. The molecule has 1 aliphatic rings. The van der Waals surface area contributed by atoms with Gasteiger partial charge in [-0.3, -0.25) is 0 Å². The Bertz CT molecular complexity index is 909. The van der Waals surface area contributed by atoms with E-state index in [4.69, 9.17) is 23.2 Å². The van der Waals surface area contributed by atoms with Crippen molar-refractivity contribution in [3.05, 3.63) is 63.1 Å². The molecule has 2 aromatic carbocycles. The molecule has 0 radical (unpaired) electrons. The molecule has 156 valence electrons. The molecule has 0 saturated carbocycles. The lowest BCUT2D eigenvalue weighted by molar-refractivity contribution is -0.184. The van der Waals surface area contributed by atoms with Crippen molar-refractivity contribution in [1.29, 1.82) is 0 Å². The number of hydrogen-bond acceptors (Lipinski definition) is 2. The number of alkyl halides is 3. The van der Waals surface area contributed by atoms with E-state index in [2.05, 4.69) is 0 Å². The number of rotatable bonds is 5. The third-order valence-corrected chi connectivity index (χ3v) is 6.10. The second-order valence-corrected chi connectivity index (χ2v) is 8.60. The third-order valence-electron chi connectivity index (χ3n) is 5.66. The lowest BCUT2D eigenvalue weighted by Crippen LogP contribution is -2.44. The zero-order valence-electron chi connectivity index (χ0n) is 16.2. The molecule has 1 aliphatic heterocycles. The Morgan fingerprint density at radius 3 is 2.34 bits per heavy atom. The Kier molecular flexibility index (Phi) is 6.21. The predicted molar refractivity (Wildman–Crippen MR) is 111 cm³/mol. The van der Waals surface area contributed by atoms with Crippen molar-refractivity contribution < 1.29 is 18.0 Å². The topological polar surface area (TPSA) is 20.3 Å². The first-order chi connectivity index (χ1) is 13.5. The normalized spacial score (nSPS) is 19.6. The Labute approximate surface area is 178 Å². The highest BCUT2D eigenvalue weighted by molar-refractivity contribution is 6.34. The molecule has 2 aromatic rings. The minimum atomic E-state index is -4.44. The van der Waals surface area contributed by atoms with Gasteiger partial charge in [0.15, 0.2) is 0 Å². The van der Waals surface area contributed by atoms with E-state index in [-0.39, 0.29) is 40.9 Å². The number of carbonyl (C=O) groups is 1. The number of aryl methyl sites for hydroxylation is 2. The molecule has 1 saturated heterocycles. The van der Waals surface area contributed by atoms with Crippen molar-refractivity contribution in [2.45, 2.75) is 44.7 Å². The first kappa shape index (κ1) is 22.0. The highest BCUT2D eigenvalue weighted by Gasteiger charge is 2.59. The highest BCUT2D eigenvalue weighted by Crippen LogP contribution is 2.49. The number of hydrogen-bond donors (Lipinski definition) is 0. The SMILES string of the molecule is CC(=O)CCc1ccc(N2CCC(c3cc(Cl)cc(Cl)c3)(C(F)(F)F)C2)cc1C. The van der Waals surface area contributed by atoms with Crippen LogP contribution in [0.1, 0.15) is 36.5 Å². The number of carbonyl (C=O) groups excluding carboxylic acids is 1. The van der Waals surface area contributed by atoms with E-state index >= 15 is 0 Å². The first-order valence-corrected chi connectivity index (χ1v) is 10.1. The van der Waals surface area contributed by atoms with Crippen molar-refractivity contribution >= 4 is 34.7 Å². The largest absolute Gasteiger partial charge is 0.400 e. The van der Waals surface area contributed by atoms with Crippen LogP contribution in [0.2, 0.25) is 10.0 Å². The van der Waals surface area contributed by atoms with Crippen molar-refractivity contribution in [2.24, 2.45) is 0 Å². The van der Waals surface area contributed by atoms with E-state index in [1.807, 2.05) is 25.1 Å². The zero-order valence-corrected chi connectivity index (χ0v) is 17.8. The van der Waals surface area contributed by atoms with Crippen LogP contribution in [0.5, 0.6) is 0 Å². The van der Waals surface area contributed by atoms with Gasteiger partial charge in [0, 0.05) is 35.2 Å². The van der Waals surface area contributed by atoms with Gasteiger partial charge in [0.05, 0.1) is 0 Å². The van der Waals surface area contributed by atoms with Crippen LogP contribution in [0.4, 0.5) is 18.9 Å². The van der Waals surface area contributed by atoms with Gasteiger partial charge >= 0.3 is 6.18 Å². The Balaban J connectivity index is 1.91. The summed E-state index contributed by atoms with van der Waals surface area (Å²) < 4.78 is 42.7. The van der Waals surface area contributed by atoms with Gasteiger partial charge in [-0.2, -0.15) is 13.2 Å². The van der Waals surface area contributed by atoms with Crippen LogP contribution in [0.25, 0.3) is 0 Å². The molecule has 0 amide bonds. The molecule has 3 rings (SSSR count). The molecule has 0 N–H and O–H groups in total. The second-order valence-electron chi connectivity index (χ2n) is 7.72. The van der Waals surface area contributed by atoms with E-state index < -0.39 is 11.6 Å². The van der Waals surface area contributed by atoms with Crippen molar-refractivity contribution in [3.63, 3.8) is 0 Å². The van der Waals surface area contributed by atoms with Crippen molar-refractivity contribution in [3.8, 4) is 0 Å². The number of halogens is 5. The van der Waals surface area contributed by atoms with Gasteiger partial charge in [0.25, 0.3) is 0 Å². The Hall–Kier alpha value is -1.72. The Morgan fingerprint density at radius 2 is 1.79 bits per heavy atom. The third kappa shape index (κ3) is 4.56. The molecule has 7 heteroatoms. The second kappa shape index (κ2) is 8.19. The van der Waals surface area contributed by atoms with E-state index in [0.717, 1.165) is 16.8 Å². The van der Waals surface area contributed by atoms with E-state index in [9.17, 15) is 18.0 Å². The number of nitrogens with zero attached hydrogens (tertiary/aromatic N) is 1. The minimum Gasteiger partial charge on any atom is -0.370 e. The number of benzene rings is 2. The van der Waals surface area contributed by atoms with Crippen LogP contribution in [0, 0.1) is 6.92 Å². The van der Waals surface area contributed by atoms with Gasteiger partial charge in [-0.25, -0.2) is 0 Å². The maximum Gasteiger partial charge on any atom is 0.400 e. The monoisotopic (exact) mass is 443 g/mol. The van der Waals surface area contributed by atoms with Gasteiger partial charge in [-0.05, 0) is 73.7 Å². The fraction of sp³-hybridized carbons (Fsp3) is 0.409. The predicted octanol–water partition coefficient (Wildman–Crippen LogP) is 6.53. The molecular weight excluding hydrogens is 422 g/mol. The van der Waals surface area contributed by atoms with Crippen LogP contribution < -0.4 is 4.90 Å². The van der Waals surface area contributed by atoms with Crippen LogP contribution in [0.15, 0.2) is 36.4 Å².